The molecule has 0 bridgehead atoms. The molecular formula is C15H21IN+. The van der Waals surface area contributed by atoms with Crippen LogP contribution in [0.4, 0.5) is 0 Å². The maximum atomic E-state index is 5.63. The Balaban J connectivity index is 3.03. The van der Waals surface area contributed by atoms with Gasteiger partial charge >= 0.3 is 0 Å². The van der Waals surface area contributed by atoms with Crippen LogP contribution in [0.1, 0.15) is 25.0 Å². The lowest BCUT2D eigenvalue weighted by Gasteiger charge is -2.39. The molecule has 0 heterocycles. The third-order valence-electron chi connectivity index (χ3n) is 3.62. The van der Waals surface area contributed by atoms with Gasteiger partial charge in [0.25, 0.3) is 0 Å². The van der Waals surface area contributed by atoms with Crippen LogP contribution in [0.3, 0.4) is 0 Å². The minimum absolute atomic E-state index is 0.238. The molecule has 0 aliphatic rings. The average molecular weight is 342 g/mol. The highest BCUT2D eigenvalue weighted by Gasteiger charge is 2.31. The van der Waals surface area contributed by atoms with Crippen molar-refractivity contribution in [2.24, 2.45) is 0 Å². The van der Waals surface area contributed by atoms with Crippen LogP contribution in [-0.4, -0.2) is 21.6 Å². The maximum Gasteiger partial charge on any atom is 0.200 e. The van der Waals surface area contributed by atoms with Gasteiger partial charge < -0.3 is 0 Å². The van der Waals surface area contributed by atoms with Gasteiger partial charge in [0.2, 0.25) is 4.05 Å². The van der Waals surface area contributed by atoms with E-state index in [2.05, 4.69) is 73.5 Å². The van der Waals surface area contributed by atoms with Crippen molar-refractivity contribution < 1.29 is 4.48 Å². The monoisotopic (exact) mass is 342 g/mol. The average Bonchev–Trinajstić information content (AvgIpc) is 2.37. The summed E-state index contributed by atoms with van der Waals surface area (Å²) in [7, 11) is 0. The third-order valence-corrected chi connectivity index (χ3v) is 5.17. The van der Waals surface area contributed by atoms with E-state index < -0.39 is 0 Å². The molecule has 1 aromatic rings. The van der Waals surface area contributed by atoms with E-state index in [-0.39, 0.29) is 4.05 Å². The summed E-state index contributed by atoms with van der Waals surface area (Å²) in [6.45, 7) is 9.80. The van der Waals surface area contributed by atoms with E-state index in [0.717, 1.165) is 24.1 Å². The quantitative estimate of drug-likeness (QED) is 0.251. The fourth-order valence-corrected chi connectivity index (χ4v) is 3.12. The van der Waals surface area contributed by atoms with E-state index in [4.69, 9.17) is 6.42 Å². The fraction of sp³-hybridized carbons (Fsp3) is 0.467. The van der Waals surface area contributed by atoms with E-state index in [1.165, 1.54) is 11.1 Å². The topological polar surface area (TPSA) is 0 Å². The van der Waals surface area contributed by atoms with Gasteiger partial charge in [-0.3, -0.25) is 4.48 Å². The van der Waals surface area contributed by atoms with Gasteiger partial charge in [0, 0.05) is 28.2 Å². The van der Waals surface area contributed by atoms with Gasteiger partial charge in [-0.25, -0.2) is 0 Å². The second-order valence-corrected chi connectivity index (χ2v) is 5.62. The number of quaternary nitrogens is 1. The number of rotatable bonds is 5. The van der Waals surface area contributed by atoms with Crippen molar-refractivity contribution in [3.8, 4) is 12.3 Å². The van der Waals surface area contributed by atoms with Gasteiger partial charge in [-0.2, -0.15) is 0 Å². The van der Waals surface area contributed by atoms with Crippen molar-refractivity contribution >= 4 is 22.6 Å². The first-order valence-corrected chi connectivity index (χ1v) is 7.34. The molecule has 2 heteroatoms. The van der Waals surface area contributed by atoms with E-state index in [9.17, 15) is 0 Å². The first-order chi connectivity index (χ1) is 8.09. The standard InChI is InChI=1S/C15H21IN/c1-5-15(16)17(6-2,7-3)12-14-11-9-8-10-13(14)4/h1,8-11,15H,6-7,12H2,2-4H3/q+1. The molecule has 0 aliphatic carbocycles. The Hall–Kier alpha value is -0.530. The maximum absolute atomic E-state index is 5.63. The molecule has 1 unspecified atom stereocenters. The molecule has 0 spiro atoms. The normalized spacial score (nSPS) is 13.1. The Morgan fingerprint density at radius 3 is 2.35 bits per heavy atom. The number of hydrogen-bond acceptors (Lipinski definition) is 0. The van der Waals surface area contributed by atoms with Gasteiger partial charge in [0.05, 0.1) is 13.1 Å². The lowest BCUT2D eigenvalue weighted by molar-refractivity contribution is -0.936. The van der Waals surface area contributed by atoms with Crippen LogP contribution < -0.4 is 0 Å². The van der Waals surface area contributed by atoms with Crippen molar-refractivity contribution in [2.75, 3.05) is 13.1 Å². The number of halogens is 1. The predicted molar refractivity (Wildman–Crippen MR) is 82.9 cm³/mol. The highest BCUT2D eigenvalue weighted by molar-refractivity contribution is 14.1. The van der Waals surface area contributed by atoms with Crippen LogP contribution >= 0.6 is 22.6 Å². The minimum atomic E-state index is 0.238. The van der Waals surface area contributed by atoms with Crippen molar-refractivity contribution in [2.45, 2.75) is 31.4 Å². The number of hydrogen-bond donors (Lipinski definition) is 0. The van der Waals surface area contributed by atoms with Crippen LogP contribution in [0.25, 0.3) is 0 Å². The number of alkyl halides is 1. The summed E-state index contributed by atoms with van der Waals surface area (Å²) < 4.78 is 1.20. The second-order valence-electron chi connectivity index (χ2n) is 4.44. The molecule has 0 saturated carbocycles. The highest BCUT2D eigenvalue weighted by Crippen LogP contribution is 2.24. The van der Waals surface area contributed by atoms with Crippen LogP contribution in [0.2, 0.25) is 0 Å². The second kappa shape index (κ2) is 6.42. The van der Waals surface area contributed by atoms with Gasteiger partial charge in [0.15, 0.2) is 0 Å². The van der Waals surface area contributed by atoms with E-state index >= 15 is 0 Å². The Labute approximate surface area is 119 Å². The zero-order chi connectivity index (χ0) is 12.9. The summed E-state index contributed by atoms with van der Waals surface area (Å²) in [6, 6.07) is 8.59. The van der Waals surface area contributed by atoms with Gasteiger partial charge in [0.1, 0.15) is 6.54 Å². The summed E-state index contributed by atoms with van der Waals surface area (Å²) in [6.07, 6.45) is 5.63. The summed E-state index contributed by atoms with van der Waals surface area (Å²) in [4.78, 5) is 0. The van der Waals surface area contributed by atoms with Crippen molar-refractivity contribution in [3.63, 3.8) is 0 Å². The van der Waals surface area contributed by atoms with E-state index in [1.54, 1.807) is 0 Å². The molecule has 0 aliphatic heterocycles. The van der Waals surface area contributed by atoms with Gasteiger partial charge in [-0.05, 0) is 32.3 Å². The number of terminal acetylenes is 1. The Morgan fingerprint density at radius 1 is 1.29 bits per heavy atom. The number of benzene rings is 1. The zero-order valence-electron chi connectivity index (χ0n) is 10.9. The van der Waals surface area contributed by atoms with Gasteiger partial charge in [-0.15, -0.1) is 6.42 Å². The van der Waals surface area contributed by atoms with Crippen LogP contribution in [0.5, 0.6) is 0 Å². The smallest absolute Gasteiger partial charge is 0.200 e. The molecule has 0 saturated heterocycles. The van der Waals surface area contributed by atoms with Crippen molar-refractivity contribution in [1.82, 2.24) is 0 Å². The number of nitrogens with zero attached hydrogens (tertiary/aromatic N) is 1. The molecule has 0 N–H and O–H groups in total. The zero-order valence-corrected chi connectivity index (χ0v) is 13.1. The summed E-state index contributed by atoms with van der Waals surface area (Å²) >= 11 is 2.39. The third kappa shape index (κ3) is 3.23. The van der Waals surface area contributed by atoms with Crippen molar-refractivity contribution in [1.29, 1.82) is 0 Å². The first kappa shape index (κ1) is 14.5. The molecule has 1 nitrogen and oxygen atoms in total. The summed E-state index contributed by atoms with van der Waals surface area (Å²) in [5.41, 5.74) is 2.77. The molecule has 1 aromatic carbocycles. The predicted octanol–water partition coefficient (Wildman–Crippen LogP) is 3.75. The lowest BCUT2D eigenvalue weighted by Crippen LogP contribution is -2.51. The SMILES string of the molecule is C#CC(I)[N+](CC)(CC)Cc1ccccc1C. The van der Waals surface area contributed by atoms with Crippen LogP contribution in [0, 0.1) is 19.3 Å². The summed E-state index contributed by atoms with van der Waals surface area (Å²) in [5.74, 6) is 2.91. The molecule has 1 rings (SSSR count). The highest BCUT2D eigenvalue weighted by atomic mass is 127. The largest absolute Gasteiger partial charge is 0.300 e. The minimum Gasteiger partial charge on any atom is -0.300 e. The molecule has 0 amide bonds. The molecule has 0 aromatic heterocycles. The van der Waals surface area contributed by atoms with E-state index in [1.807, 2.05) is 0 Å². The fourth-order valence-electron chi connectivity index (χ4n) is 2.13. The molecular weight excluding hydrogens is 321 g/mol. The Bertz CT molecular complexity index is 402. The lowest BCUT2D eigenvalue weighted by atomic mass is 10.1. The molecule has 0 fully saturated rings. The molecule has 17 heavy (non-hydrogen) atoms. The van der Waals surface area contributed by atoms with Gasteiger partial charge in [-0.1, -0.05) is 24.3 Å². The Kier molecular flexibility index (Phi) is 5.48. The summed E-state index contributed by atoms with van der Waals surface area (Å²) in [5, 5.41) is 0. The van der Waals surface area contributed by atoms with Crippen molar-refractivity contribution in [3.05, 3.63) is 35.4 Å². The Morgan fingerprint density at radius 2 is 1.88 bits per heavy atom. The molecule has 92 valence electrons. The number of aryl methyl sites for hydroxylation is 1. The van der Waals surface area contributed by atoms with Crippen LogP contribution in [0.15, 0.2) is 24.3 Å². The first-order valence-electron chi connectivity index (χ1n) is 6.10. The van der Waals surface area contributed by atoms with Crippen LogP contribution in [-0.2, 0) is 6.54 Å². The molecule has 0 radical (unpaired) electrons. The van der Waals surface area contributed by atoms with E-state index in [0.29, 0.717) is 0 Å². The molecule has 1 atom stereocenters.